The van der Waals surface area contributed by atoms with Crippen molar-refractivity contribution in [2.24, 2.45) is 5.92 Å². The lowest BCUT2D eigenvalue weighted by Crippen LogP contribution is -2.27. The van der Waals surface area contributed by atoms with E-state index >= 15 is 0 Å². The molecule has 0 radical (unpaired) electrons. The zero-order valence-corrected chi connectivity index (χ0v) is 13.6. The molecule has 0 saturated heterocycles. The monoisotopic (exact) mass is 275 g/mol. The van der Waals surface area contributed by atoms with Gasteiger partial charge >= 0.3 is 0 Å². The van der Waals surface area contributed by atoms with Crippen molar-refractivity contribution in [3.63, 3.8) is 0 Å². The highest BCUT2D eigenvalue weighted by Gasteiger charge is 2.22. The molecule has 1 unspecified atom stereocenters. The molecule has 0 aliphatic heterocycles. The normalized spacial score (nSPS) is 12.7. The summed E-state index contributed by atoms with van der Waals surface area (Å²) in [7, 11) is 3.83. The molecule has 1 rings (SSSR count). The minimum atomic E-state index is -0.115. The number of nitrogens with one attached hydrogen (secondary N) is 1. The lowest BCUT2D eigenvalue weighted by molar-refractivity contribution is 0.544. The Morgan fingerprint density at radius 3 is 2.40 bits per heavy atom. The number of hydrogen-bond acceptors (Lipinski definition) is 5. The predicted octanol–water partition coefficient (Wildman–Crippen LogP) is 2.72. The van der Waals surface area contributed by atoms with Crippen molar-refractivity contribution in [3.8, 4) is 6.07 Å². The summed E-state index contributed by atoms with van der Waals surface area (Å²) >= 11 is 0. The highest BCUT2D eigenvalue weighted by molar-refractivity contribution is 5.58. The van der Waals surface area contributed by atoms with E-state index in [2.05, 4.69) is 37.1 Å². The molecule has 0 aromatic carbocycles. The molecule has 0 spiro atoms. The zero-order valence-electron chi connectivity index (χ0n) is 13.6. The van der Waals surface area contributed by atoms with E-state index in [1.165, 1.54) is 0 Å². The predicted molar refractivity (Wildman–Crippen MR) is 83.1 cm³/mol. The van der Waals surface area contributed by atoms with Gasteiger partial charge in [0.05, 0.1) is 12.0 Å². The van der Waals surface area contributed by atoms with Crippen molar-refractivity contribution in [2.75, 3.05) is 30.9 Å². The van der Waals surface area contributed by atoms with Crippen LogP contribution in [0, 0.1) is 24.2 Å². The topological polar surface area (TPSA) is 64.8 Å². The molecular formula is C15H25N5. The van der Waals surface area contributed by atoms with Crippen LogP contribution in [-0.4, -0.2) is 30.6 Å². The number of hydrogen-bond donors (Lipinski definition) is 1. The number of aromatic nitrogens is 2. The Balaban J connectivity index is 3.27. The molecule has 1 N–H and O–H groups in total. The second-order valence-electron chi connectivity index (χ2n) is 6.26. The molecule has 20 heavy (non-hydrogen) atoms. The van der Waals surface area contributed by atoms with E-state index in [1.54, 1.807) is 0 Å². The van der Waals surface area contributed by atoms with Crippen LogP contribution in [0.3, 0.4) is 0 Å². The summed E-state index contributed by atoms with van der Waals surface area (Å²) in [6, 6.07) is 2.26. The van der Waals surface area contributed by atoms with E-state index < -0.39 is 0 Å². The van der Waals surface area contributed by atoms with Crippen molar-refractivity contribution in [3.05, 3.63) is 11.4 Å². The molecule has 0 amide bonds. The summed E-state index contributed by atoms with van der Waals surface area (Å²) in [6.07, 6.45) is 0. The second kappa shape index (κ2) is 6.08. The molecule has 1 heterocycles. The summed E-state index contributed by atoms with van der Waals surface area (Å²) < 4.78 is 0. The van der Waals surface area contributed by atoms with Gasteiger partial charge in [0.15, 0.2) is 0 Å². The third-order valence-corrected chi connectivity index (χ3v) is 3.16. The summed E-state index contributed by atoms with van der Waals surface area (Å²) in [4.78, 5) is 11.3. The molecule has 1 atom stereocenters. The van der Waals surface area contributed by atoms with Crippen LogP contribution in [0.5, 0.6) is 0 Å². The van der Waals surface area contributed by atoms with Crippen LogP contribution in [0.25, 0.3) is 0 Å². The first kappa shape index (κ1) is 16.2. The number of nitrogens with zero attached hydrogens (tertiary/aromatic N) is 4. The minimum absolute atomic E-state index is 0.0366. The molecule has 0 fully saturated rings. The van der Waals surface area contributed by atoms with Gasteiger partial charge in [-0.2, -0.15) is 5.26 Å². The maximum atomic E-state index is 8.96. The lowest BCUT2D eigenvalue weighted by Gasteiger charge is -2.26. The van der Waals surface area contributed by atoms with Gasteiger partial charge in [0, 0.05) is 31.6 Å². The molecule has 0 aliphatic rings. The fourth-order valence-electron chi connectivity index (χ4n) is 1.99. The molecule has 0 bridgehead atoms. The summed E-state index contributed by atoms with van der Waals surface area (Å²) in [5.41, 5.74) is 0.892. The van der Waals surface area contributed by atoms with Gasteiger partial charge in [-0.05, 0) is 13.8 Å². The largest absolute Gasteiger partial charge is 0.373 e. The van der Waals surface area contributed by atoms with Crippen LogP contribution in [0.4, 0.5) is 11.6 Å². The molecule has 1 aromatic rings. The van der Waals surface area contributed by atoms with Crippen molar-refractivity contribution in [1.82, 2.24) is 9.97 Å². The van der Waals surface area contributed by atoms with Crippen molar-refractivity contribution >= 4 is 11.6 Å². The second-order valence-corrected chi connectivity index (χ2v) is 6.26. The first-order valence-electron chi connectivity index (χ1n) is 6.88. The van der Waals surface area contributed by atoms with Crippen LogP contribution < -0.4 is 10.2 Å². The van der Waals surface area contributed by atoms with Crippen LogP contribution in [0.1, 0.15) is 39.1 Å². The molecule has 0 saturated carbocycles. The Kier molecular flexibility index (Phi) is 4.93. The summed E-state index contributed by atoms with van der Waals surface area (Å²) in [5, 5.41) is 12.1. The third-order valence-electron chi connectivity index (χ3n) is 3.16. The molecular weight excluding hydrogens is 250 g/mol. The van der Waals surface area contributed by atoms with Crippen LogP contribution in [-0.2, 0) is 5.41 Å². The Hall–Kier alpha value is -1.83. The Morgan fingerprint density at radius 2 is 1.95 bits per heavy atom. The molecule has 5 nitrogen and oxygen atoms in total. The van der Waals surface area contributed by atoms with Gasteiger partial charge in [0.1, 0.15) is 17.5 Å². The van der Waals surface area contributed by atoms with Crippen LogP contribution in [0.15, 0.2) is 0 Å². The van der Waals surface area contributed by atoms with Gasteiger partial charge in [-0.1, -0.05) is 20.8 Å². The fourth-order valence-corrected chi connectivity index (χ4v) is 1.99. The van der Waals surface area contributed by atoms with Crippen LogP contribution in [0.2, 0.25) is 0 Å². The van der Waals surface area contributed by atoms with Gasteiger partial charge in [0.2, 0.25) is 0 Å². The molecule has 110 valence electrons. The van der Waals surface area contributed by atoms with E-state index in [1.807, 2.05) is 32.8 Å². The Labute approximate surface area is 122 Å². The van der Waals surface area contributed by atoms with Crippen LogP contribution >= 0.6 is 0 Å². The van der Waals surface area contributed by atoms with E-state index in [0.717, 1.165) is 23.0 Å². The van der Waals surface area contributed by atoms with Crippen molar-refractivity contribution in [2.45, 2.75) is 40.0 Å². The average Bonchev–Trinajstić information content (AvgIpc) is 2.37. The summed E-state index contributed by atoms with van der Waals surface area (Å²) in [5.74, 6) is 2.50. The number of nitriles is 1. The maximum absolute atomic E-state index is 8.96. The van der Waals surface area contributed by atoms with E-state index in [4.69, 9.17) is 10.2 Å². The smallest absolute Gasteiger partial charge is 0.138 e. The zero-order chi connectivity index (χ0) is 15.5. The minimum Gasteiger partial charge on any atom is -0.373 e. The maximum Gasteiger partial charge on any atom is 0.138 e. The van der Waals surface area contributed by atoms with E-state index in [-0.39, 0.29) is 11.3 Å². The SMILES string of the molecule is CNc1nc(C(C)(C)C)nc(N(C)CC(C)C#N)c1C. The Morgan fingerprint density at radius 1 is 1.35 bits per heavy atom. The summed E-state index contributed by atoms with van der Waals surface area (Å²) in [6.45, 7) is 10.9. The molecule has 1 aromatic heterocycles. The van der Waals surface area contributed by atoms with Gasteiger partial charge in [-0.3, -0.25) is 0 Å². The highest BCUT2D eigenvalue weighted by Crippen LogP contribution is 2.28. The van der Waals surface area contributed by atoms with Gasteiger partial charge < -0.3 is 10.2 Å². The standard InChI is InChI=1S/C15H25N5/c1-10(8-16)9-20(7)13-11(2)12(17-6)18-14(19-13)15(3,4)5/h10H,9H2,1-7H3,(H,17,18,19). The molecule has 0 aliphatic carbocycles. The van der Waals surface area contributed by atoms with E-state index in [0.29, 0.717) is 6.54 Å². The number of anilines is 2. The molecule has 5 heteroatoms. The third kappa shape index (κ3) is 3.60. The lowest BCUT2D eigenvalue weighted by atomic mass is 9.95. The fraction of sp³-hybridized carbons (Fsp3) is 0.667. The van der Waals surface area contributed by atoms with Gasteiger partial charge in [0.25, 0.3) is 0 Å². The number of rotatable bonds is 4. The first-order chi connectivity index (χ1) is 9.20. The Bertz CT molecular complexity index is 510. The quantitative estimate of drug-likeness (QED) is 0.915. The van der Waals surface area contributed by atoms with E-state index in [9.17, 15) is 0 Å². The van der Waals surface area contributed by atoms with Crippen molar-refractivity contribution in [1.29, 1.82) is 5.26 Å². The van der Waals surface area contributed by atoms with Gasteiger partial charge in [-0.25, -0.2) is 9.97 Å². The van der Waals surface area contributed by atoms with Crippen molar-refractivity contribution < 1.29 is 0 Å². The first-order valence-corrected chi connectivity index (χ1v) is 6.88. The highest BCUT2D eigenvalue weighted by atomic mass is 15.2. The average molecular weight is 275 g/mol. The van der Waals surface area contributed by atoms with Gasteiger partial charge in [-0.15, -0.1) is 0 Å².